The number of nitrogens with one attached hydrogen (secondary N) is 2. The minimum Gasteiger partial charge on any atom is -0.368 e. The molecular formula is C11H16N6. The van der Waals surface area contributed by atoms with Crippen molar-refractivity contribution < 1.29 is 0 Å². The molecule has 0 atom stereocenters. The Balaban J connectivity index is 1.85. The lowest BCUT2D eigenvalue weighted by Gasteiger charge is -2.06. The summed E-state index contributed by atoms with van der Waals surface area (Å²) in [6.45, 7) is 3.62. The zero-order chi connectivity index (χ0) is 12.1. The SMILES string of the molecule is CNc1nccc(NCCn2cc(C)cn2)n1. The molecule has 0 aromatic carbocycles. The summed E-state index contributed by atoms with van der Waals surface area (Å²) >= 11 is 0. The van der Waals surface area contributed by atoms with Crippen molar-refractivity contribution in [2.75, 3.05) is 24.2 Å². The summed E-state index contributed by atoms with van der Waals surface area (Å²) in [6, 6.07) is 1.84. The van der Waals surface area contributed by atoms with E-state index in [9.17, 15) is 0 Å². The minimum absolute atomic E-state index is 0.616. The van der Waals surface area contributed by atoms with Crippen LogP contribution in [-0.2, 0) is 6.54 Å². The molecule has 0 bridgehead atoms. The van der Waals surface area contributed by atoms with E-state index in [0.717, 1.165) is 18.9 Å². The van der Waals surface area contributed by atoms with Crippen molar-refractivity contribution in [3.05, 3.63) is 30.2 Å². The molecule has 0 amide bonds. The van der Waals surface area contributed by atoms with E-state index in [1.54, 1.807) is 13.2 Å². The fraction of sp³-hybridized carbons (Fsp3) is 0.364. The molecule has 0 radical (unpaired) electrons. The molecular weight excluding hydrogens is 216 g/mol. The van der Waals surface area contributed by atoms with E-state index in [0.29, 0.717) is 5.95 Å². The Morgan fingerprint density at radius 1 is 1.41 bits per heavy atom. The van der Waals surface area contributed by atoms with Crippen molar-refractivity contribution >= 4 is 11.8 Å². The molecule has 0 saturated carbocycles. The highest BCUT2D eigenvalue weighted by molar-refractivity contribution is 5.38. The van der Waals surface area contributed by atoms with Crippen molar-refractivity contribution in [2.45, 2.75) is 13.5 Å². The summed E-state index contributed by atoms with van der Waals surface area (Å²) in [5.74, 6) is 1.43. The van der Waals surface area contributed by atoms with Gasteiger partial charge in [0.05, 0.1) is 12.7 Å². The van der Waals surface area contributed by atoms with Gasteiger partial charge in [-0.1, -0.05) is 0 Å². The van der Waals surface area contributed by atoms with Crippen LogP contribution < -0.4 is 10.6 Å². The van der Waals surface area contributed by atoms with E-state index in [4.69, 9.17) is 0 Å². The van der Waals surface area contributed by atoms with Crippen molar-refractivity contribution in [1.29, 1.82) is 0 Å². The number of nitrogens with zero attached hydrogens (tertiary/aromatic N) is 4. The molecule has 2 N–H and O–H groups in total. The third-order valence-electron chi connectivity index (χ3n) is 2.29. The van der Waals surface area contributed by atoms with Crippen molar-refractivity contribution in [3.8, 4) is 0 Å². The Labute approximate surface area is 100 Å². The lowest BCUT2D eigenvalue weighted by atomic mass is 10.4. The van der Waals surface area contributed by atoms with Gasteiger partial charge in [-0.3, -0.25) is 4.68 Å². The van der Waals surface area contributed by atoms with Crippen LogP contribution in [0.1, 0.15) is 5.56 Å². The Bertz CT molecular complexity index is 478. The molecule has 0 aliphatic heterocycles. The molecule has 0 spiro atoms. The van der Waals surface area contributed by atoms with Crippen molar-refractivity contribution in [1.82, 2.24) is 19.7 Å². The largest absolute Gasteiger partial charge is 0.368 e. The molecule has 2 aromatic heterocycles. The van der Waals surface area contributed by atoms with Crippen molar-refractivity contribution in [2.24, 2.45) is 0 Å². The maximum Gasteiger partial charge on any atom is 0.224 e. The third kappa shape index (κ3) is 3.17. The highest BCUT2D eigenvalue weighted by atomic mass is 15.3. The first kappa shape index (κ1) is 11.4. The van der Waals surface area contributed by atoms with Gasteiger partial charge in [-0.15, -0.1) is 0 Å². The second-order valence-corrected chi connectivity index (χ2v) is 3.72. The summed E-state index contributed by atoms with van der Waals surface area (Å²) in [5, 5.41) is 10.3. The second kappa shape index (κ2) is 5.29. The van der Waals surface area contributed by atoms with Crippen LogP contribution in [-0.4, -0.2) is 33.3 Å². The fourth-order valence-electron chi connectivity index (χ4n) is 1.47. The van der Waals surface area contributed by atoms with Crippen LogP contribution in [0, 0.1) is 6.92 Å². The van der Waals surface area contributed by atoms with Crippen LogP contribution in [0.15, 0.2) is 24.7 Å². The second-order valence-electron chi connectivity index (χ2n) is 3.72. The average molecular weight is 232 g/mol. The maximum atomic E-state index is 4.26. The summed E-state index contributed by atoms with van der Waals surface area (Å²) in [6.07, 6.45) is 5.59. The molecule has 6 nitrogen and oxygen atoms in total. The van der Waals surface area contributed by atoms with Gasteiger partial charge in [-0.2, -0.15) is 10.1 Å². The molecule has 0 saturated heterocycles. The van der Waals surface area contributed by atoms with E-state index in [1.807, 2.05) is 30.1 Å². The molecule has 0 unspecified atom stereocenters. The molecule has 17 heavy (non-hydrogen) atoms. The number of rotatable bonds is 5. The van der Waals surface area contributed by atoms with E-state index < -0.39 is 0 Å². The molecule has 6 heteroatoms. The minimum atomic E-state index is 0.616. The quantitative estimate of drug-likeness (QED) is 0.809. The topological polar surface area (TPSA) is 67.7 Å². The third-order valence-corrected chi connectivity index (χ3v) is 2.29. The van der Waals surface area contributed by atoms with Crippen LogP contribution >= 0.6 is 0 Å². The van der Waals surface area contributed by atoms with Crippen LogP contribution in [0.2, 0.25) is 0 Å². The predicted molar refractivity (Wildman–Crippen MR) is 67.0 cm³/mol. The van der Waals surface area contributed by atoms with Crippen LogP contribution in [0.25, 0.3) is 0 Å². The first-order chi connectivity index (χ1) is 8.28. The molecule has 2 aromatic rings. The normalized spacial score (nSPS) is 10.2. The zero-order valence-electron chi connectivity index (χ0n) is 10.0. The van der Waals surface area contributed by atoms with E-state index in [-0.39, 0.29) is 0 Å². The zero-order valence-corrected chi connectivity index (χ0v) is 10.0. The summed E-state index contributed by atoms with van der Waals surface area (Å²) in [4.78, 5) is 8.31. The number of hydrogen-bond donors (Lipinski definition) is 2. The lowest BCUT2D eigenvalue weighted by molar-refractivity contribution is 0.636. The number of aryl methyl sites for hydroxylation is 1. The van der Waals surface area contributed by atoms with E-state index >= 15 is 0 Å². The summed E-state index contributed by atoms with van der Waals surface area (Å²) in [5.41, 5.74) is 1.17. The number of aromatic nitrogens is 4. The number of anilines is 2. The first-order valence-corrected chi connectivity index (χ1v) is 5.51. The average Bonchev–Trinajstić information content (AvgIpc) is 2.75. The van der Waals surface area contributed by atoms with E-state index in [2.05, 4.69) is 25.7 Å². The Morgan fingerprint density at radius 2 is 2.29 bits per heavy atom. The molecule has 0 aliphatic carbocycles. The maximum absolute atomic E-state index is 4.26. The fourth-order valence-corrected chi connectivity index (χ4v) is 1.47. The van der Waals surface area contributed by atoms with Gasteiger partial charge in [-0.05, 0) is 18.6 Å². The predicted octanol–water partition coefficient (Wildman–Crippen LogP) is 1.14. The summed E-state index contributed by atoms with van der Waals surface area (Å²) < 4.78 is 1.91. The molecule has 90 valence electrons. The van der Waals surface area contributed by atoms with Gasteiger partial charge in [0.15, 0.2) is 0 Å². The van der Waals surface area contributed by atoms with Crippen molar-refractivity contribution in [3.63, 3.8) is 0 Å². The molecule has 2 rings (SSSR count). The summed E-state index contributed by atoms with van der Waals surface area (Å²) in [7, 11) is 1.80. The van der Waals surface area contributed by atoms with Gasteiger partial charge in [-0.25, -0.2) is 4.98 Å². The smallest absolute Gasteiger partial charge is 0.224 e. The highest BCUT2D eigenvalue weighted by Gasteiger charge is 1.97. The van der Waals surface area contributed by atoms with Gasteiger partial charge < -0.3 is 10.6 Å². The standard InChI is InChI=1S/C11H16N6/c1-9-7-15-17(8-9)6-5-13-10-3-4-14-11(12-2)16-10/h3-4,7-8H,5-6H2,1-2H3,(H2,12,13,14,16). The van der Waals surface area contributed by atoms with Gasteiger partial charge in [0.1, 0.15) is 5.82 Å². The van der Waals surface area contributed by atoms with Gasteiger partial charge in [0, 0.05) is 26.0 Å². The first-order valence-electron chi connectivity index (χ1n) is 5.51. The molecule has 2 heterocycles. The highest BCUT2D eigenvalue weighted by Crippen LogP contribution is 2.04. The van der Waals surface area contributed by atoms with E-state index in [1.165, 1.54) is 5.56 Å². The Kier molecular flexibility index (Phi) is 3.54. The lowest BCUT2D eigenvalue weighted by Crippen LogP contribution is -2.12. The van der Waals surface area contributed by atoms with Gasteiger partial charge in [0.25, 0.3) is 0 Å². The van der Waals surface area contributed by atoms with Gasteiger partial charge >= 0.3 is 0 Å². The van der Waals surface area contributed by atoms with Gasteiger partial charge in [0.2, 0.25) is 5.95 Å². The number of hydrogen-bond acceptors (Lipinski definition) is 5. The van der Waals surface area contributed by atoms with Crippen LogP contribution in [0.3, 0.4) is 0 Å². The Morgan fingerprint density at radius 3 is 3.00 bits per heavy atom. The molecule has 0 aliphatic rings. The Hall–Kier alpha value is -2.11. The van der Waals surface area contributed by atoms with Crippen LogP contribution in [0.5, 0.6) is 0 Å². The van der Waals surface area contributed by atoms with Crippen LogP contribution in [0.4, 0.5) is 11.8 Å². The monoisotopic (exact) mass is 232 g/mol. The molecule has 0 fully saturated rings.